The van der Waals surface area contributed by atoms with E-state index >= 15 is 0 Å². The molecule has 1 aliphatic heterocycles. The molecule has 0 atom stereocenters. The van der Waals surface area contributed by atoms with Gasteiger partial charge in [-0.25, -0.2) is 12.8 Å². The van der Waals surface area contributed by atoms with E-state index in [-0.39, 0.29) is 10.7 Å². The SMILES string of the molecule is O=S(=O)(Nc1cccc(C2=NCCc3ccc(F)cc32)c1)c1ccc2ccccc2c1. The Morgan fingerprint density at radius 2 is 1.68 bits per heavy atom. The van der Waals surface area contributed by atoms with Crippen LogP contribution in [-0.4, -0.2) is 20.7 Å². The number of benzene rings is 4. The number of halogens is 1. The zero-order valence-corrected chi connectivity index (χ0v) is 17.4. The molecule has 1 N–H and O–H groups in total. The topological polar surface area (TPSA) is 58.5 Å². The van der Waals surface area contributed by atoms with Crippen molar-refractivity contribution in [3.05, 3.63) is 107 Å². The van der Waals surface area contributed by atoms with Gasteiger partial charge in [-0.1, -0.05) is 48.5 Å². The largest absolute Gasteiger partial charge is 0.284 e. The van der Waals surface area contributed by atoms with Crippen molar-refractivity contribution in [1.82, 2.24) is 0 Å². The molecule has 0 saturated heterocycles. The summed E-state index contributed by atoms with van der Waals surface area (Å²) in [6.45, 7) is 0.612. The third-order valence-electron chi connectivity index (χ3n) is 5.40. The number of hydrogen-bond donors (Lipinski definition) is 1. The lowest BCUT2D eigenvalue weighted by atomic mass is 9.93. The Bertz CT molecular complexity index is 1450. The van der Waals surface area contributed by atoms with Gasteiger partial charge in [-0.15, -0.1) is 0 Å². The Kier molecular flexibility index (Phi) is 4.79. The average Bonchev–Trinajstić information content (AvgIpc) is 2.78. The first kappa shape index (κ1) is 19.5. The minimum Gasteiger partial charge on any atom is -0.284 e. The first-order valence-electron chi connectivity index (χ1n) is 9.95. The van der Waals surface area contributed by atoms with Crippen LogP contribution in [0.5, 0.6) is 0 Å². The molecule has 4 nitrogen and oxygen atoms in total. The molecule has 31 heavy (non-hydrogen) atoms. The van der Waals surface area contributed by atoms with Crippen LogP contribution in [0.3, 0.4) is 0 Å². The fourth-order valence-electron chi connectivity index (χ4n) is 3.89. The molecule has 0 spiro atoms. The van der Waals surface area contributed by atoms with Crippen molar-refractivity contribution in [2.45, 2.75) is 11.3 Å². The normalized spacial score (nSPS) is 13.5. The monoisotopic (exact) mass is 430 g/mol. The van der Waals surface area contributed by atoms with E-state index in [9.17, 15) is 12.8 Å². The predicted molar refractivity (Wildman–Crippen MR) is 122 cm³/mol. The second kappa shape index (κ2) is 7.63. The highest BCUT2D eigenvalue weighted by atomic mass is 32.2. The number of fused-ring (bicyclic) bond motifs is 2. The zero-order valence-electron chi connectivity index (χ0n) is 16.5. The van der Waals surface area contributed by atoms with Gasteiger partial charge < -0.3 is 0 Å². The summed E-state index contributed by atoms with van der Waals surface area (Å²) in [4.78, 5) is 4.78. The third kappa shape index (κ3) is 3.82. The molecule has 4 aromatic rings. The smallest absolute Gasteiger partial charge is 0.261 e. The first-order valence-corrected chi connectivity index (χ1v) is 11.4. The molecule has 5 rings (SSSR count). The Morgan fingerprint density at radius 3 is 2.55 bits per heavy atom. The van der Waals surface area contributed by atoms with Crippen LogP contribution in [0.25, 0.3) is 10.8 Å². The third-order valence-corrected chi connectivity index (χ3v) is 6.78. The van der Waals surface area contributed by atoms with E-state index in [0.29, 0.717) is 17.9 Å². The predicted octanol–water partition coefficient (Wildman–Crippen LogP) is 5.17. The highest BCUT2D eigenvalue weighted by molar-refractivity contribution is 7.92. The summed E-state index contributed by atoms with van der Waals surface area (Å²) in [5.41, 5.74) is 3.63. The van der Waals surface area contributed by atoms with Gasteiger partial charge in [0.25, 0.3) is 10.0 Å². The molecule has 0 unspecified atom stereocenters. The van der Waals surface area contributed by atoms with Crippen LogP contribution in [-0.2, 0) is 16.4 Å². The number of nitrogens with one attached hydrogen (secondary N) is 1. The molecule has 4 aromatic carbocycles. The van der Waals surface area contributed by atoms with Crippen LogP contribution < -0.4 is 4.72 Å². The lowest BCUT2D eigenvalue weighted by molar-refractivity contribution is 0.601. The Labute approximate surface area is 180 Å². The van der Waals surface area contributed by atoms with Gasteiger partial charge in [0.05, 0.1) is 10.6 Å². The van der Waals surface area contributed by atoms with E-state index in [0.717, 1.165) is 33.9 Å². The number of rotatable bonds is 4. The van der Waals surface area contributed by atoms with Crippen LogP contribution in [0.2, 0.25) is 0 Å². The second-order valence-corrected chi connectivity index (χ2v) is 9.16. The molecule has 6 heteroatoms. The molecule has 154 valence electrons. The zero-order chi connectivity index (χ0) is 21.4. The van der Waals surface area contributed by atoms with Crippen LogP contribution in [0, 0.1) is 5.82 Å². The van der Waals surface area contributed by atoms with Gasteiger partial charge in [0, 0.05) is 23.4 Å². The standard InChI is InChI=1S/C25H19FN2O2S/c26-21-10-8-18-12-13-27-25(24(18)16-21)20-6-3-7-22(14-20)28-31(29,30)23-11-9-17-4-1-2-5-19(17)15-23/h1-11,14-16,28H,12-13H2. The molecule has 0 radical (unpaired) electrons. The van der Waals surface area contributed by atoms with Crippen molar-refractivity contribution >= 4 is 32.2 Å². The fraction of sp³-hybridized carbons (Fsp3) is 0.0800. The van der Waals surface area contributed by atoms with Gasteiger partial charge in [0.15, 0.2) is 0 Å². The van der Waals surface area contributed by atoms with Crippen LogP contribution in [0.1, 0.15) is 16.7 Å². The van der Waals surface area contributed by atoms with Gasteiger partial charge in [-0.2, -0.15) is 0 Å². The van der Waals surface area contributed by atoms with E-state index in [1.165, 1.54) is 12.1 Å². The van der Waals surface area contributed by atoms with Gasteiger partial charge in [-0.3, -0.25) is 9.71 Å². The molecule has 1 heterocycles. The molecule has 0 saturated carbocycles. The maximum absolute atomic E-state index is 13.8. The van der Waals surface area contributed by atoms with Crippen LogP contribution in [0.15, 0.2) is 94.8 Å². The summed E-state index contributed by atoms with van der Waals surface area (Å²) in [7, 11) is -3.77. The number of sulfonamides is 1. The molecule has 1 aliphatic rings. The molecule has 0 aliphatic carbocycles. The summed E-state index contributed by atoms with van der Waals surface area (Å²) in [5, 5.41) is 1.83. The number of aliphatic imine (C=N–C) groups is 1. The van der Waals surface area contributed by atoms with Gasteiger partial charge in [0.1, 0.15) is 5.82 Å². The fourth-order valence-corrected chi connectivity index (χ4v) is 4.97. The highest BCUT2D eigenvalue weighted by Gasteiger charge is 2.19. The van der Waals surface area contributed by atoms with Crippen LogP contribution in [0.4, 0.5) is 10.1 Å². The van der Waals surface area contributed by atoms with Crippen LogP contribution >= 0.6 is 0 Å². The van der Waals surface area contributed by atoms with Crippen molar-refractivity contribution in [2.75, 3.05) is 11.3 Å². The molecule has 0 aromatic heterocycles. The quantitative estimate of drug-likeness (QED) is 0.485. The molecular weight excluding hydrogens is 411 g/mol. The van der Waals surface area contributed by atoms with E-state index in [1.807, 2.05) is 30.3 Å². The van der Waals surface area contributed by atoms with E-state index < -0.39 is 10.0 Å². The first-order chi connectivity index (χ1) is 15.0. The summed E-state index contributed by atoms with van der Waals surface area (Å²) < 4.78 is 42.5. The number of anilines is 1. The highest BCUT2D eigenvalue weighted by Crippen LogP contribution is 2.25. The van der Waals surface area contributed by atoms with Gasteiger partial charge >= 0.3 is 0 Å². The molecule has 0 amide bonds. The molecule has 0 fully saturated rings. The summed E-state index contributed by atoms with van der Waals surface area (Å²) in [6, 6.07) is 24.4. The van der Waals surface area contributed by atoms with Crippen molar-refractivity contribution in [3.63, 3.8) is 0 Å². The van der Waals surface area contributed by atoms with E-state index in [4.69, 9.17) is 0 Å². The number of hydrogen-bond acceptors (Lipinski definition) is 3. The summed E-state index contributed by atoms with van der Waals surface area (Å²) in [6.07, 6.45) is 0.757. The molecular formula is C25H19FN2O2S. The maximum Gasteiger partial charge on any atom is 0.261 e. The van der Waals surface area contributed by atoms with Gasteiger partial charge in [-0.05, 0) is 59.2 Å². The Hall–Kier alpha value is -3.51. The lowest BCUT2D eigenvalue weighted by Gasteiger charge is -2.18. The second-order valence-electron chi connectivity index (χ2n) is 7.48. The summed E-state index contributed by atoms with van der Waals surface area (Å²) in [5.74, 6) is -0.318. The Morgan fingerprint density at radius 1 is 0.839 bits per heavy atom. The average molecular weight is 431 g/mol. The summed E-state index contributed by atoms with van der Waals surface area (Å²) >= 11 is 0. The van der Waals surface area contributed by atoms with Crippen molar-refractivity contribution in [2.24, 2.45) is 4.99 Å². The number of nitrogens with zero attached hydrogens (tertiary/aromatic N) is 1. The van der Waals surface area contributed by atoms with Gasteiger partial charge in [0.2, 0.25) is 0 Å². The minimum atomic E-state index is -3.77. The van der Waals surface area contributed by atoms with E-state index in [2.05, 4.69) is 9.71 Å². The van der Waals surface area contributed by atoms with Crippen molar-refractivity contribution in [3.8, 4) is 0 Å². The van der Waals surface area contributed by atoms with E-state index in [1.54, 1.807) is 42.5 Å². The molecule has 0 bridgehead atoms. The Balaban J connectivity index is 1.48. The maximum atomic E-state index is 13.8. The minimum absolute atomic E-state index is 0.194. The lowest BCUT2D eigenvalue weighted by Crippen LogP contribution is -2.16. The van der Waals surface area contributed by atoms with Crippen molar-refractivity contribution in [1.29, 1.82) is 0 Å². The van der Waals surface area contributed by atoms with Crippen molar-refractivity contribution < 1.29 is 12.8 Å².